The molecular weight excluding hydrogens is 231 g/mol. The summed E-state index contributed by atoms with van der Waals surface area (Å²) in [6, 6.07) is 4.12. The van der Waals surface area contributed by atoms with Gasteiger partial charge in [-0.2, -0.15) is 0 Å². The van der Waals surface area contributed by atoms with E-state index >= 15 is 0 Å². The topological polar surface area (TPSA) is 26.3 Å². The highest BCUT2D eigenvalue weighted by Crippen LogP contribution is 2.17. The Kier molecular flexibility index (Phi) is 4.50. The first-order valence-corrected chi connectivity index (χ1v) is 5.24. The Morgan fingerprint density at radius 1 is 1.56 bits per heavy atom. The molecule has 0 amide bonds. The number of ketones is 1. The minimum absolute atomic E-state index is 0.0588. The van der Waals surface area contributed by atoms with Crippen LogP contribution in [0.4, 0.5) is 4.39 Å². The molecule has 1 rings (SSSR count). The van der Waals surface area contributed by atoms with E-state index < -0.39 is 5.82 Å². The molecule has 0 radical (unpaired) electrons. The van der Waals surface area contributed by atoms with Gasteiger partial charge < -0.3 is 4.74 Å². The minimum Gasteiger partial charge on any atom is -0.489 e. The van der Waals surface area contributed by atoms with E-state index in [1.807, 2.05) is 0 Å². The first-order chi connectivity index (χ1) is 7.54. The number of hydrogen-bond donors (Lipinski definition) is 0. The Morgan fingerprint density at radius 2 is 2.25 bits per heavy atom. The Balaban J connectivity index is 2.74. The van der Waals surface area contributed by atoms with Crippen LogP contribution in [0.1, 0.15) is 17.3 Å². The Hall–Kier alpha value is -1.35. The van der Waals surface area contributed by atoms with Crippen LogP contribution in [0, 0.1) is 5.82 Å². The zero-order valence-electron chi connectivity index (χ0n) is 8.93. The van der Waals surface area contributed by atoms with E-state index in [4.69, 9.17) is 16.3 Å². The largest absolute Gasteiger partial charge is 0.489 e. The summed E-state index contributed by atoms with van der Waals surface area (Å²) in [6.45, 7) is 5.20. The van der Waals surface area contributed by atoms with Crippen molar-refractivity contribution in [3.63, 3.8) is 0 Å². The summed E-state index contributed by atoms with van der Waals surface area (Å²) in [7, 11) is 0. The minimum atomic E-state index is -0.582. The van der Waals surface area contributed by atoms with E-state index in [9.17, 15) is 9.18 Å². The first-order valence-electron chi connectivity index (χ1n) is 4.70. The molecule has 16 heavy (non-hydrogen) atoms. The van der Waals surface area contributed by atoms with Crippen LogP contribution < -0.4 is 4.74 Å². The molecule has 4 heteroatoms. The number of Topliss-reactive ketones (excluding diaryl/α,β-unsaturated/α-hetero) is 1. The van der Waals surface area contributed by atoms with Gasteiger partial charge in [0, 0.05) is 11.9 Å². The fraction of sp³-hybridized carbons (Fsp3) is 0.250. The van der Waals surface area contributed by atoms with Crippen molar-refractivity contribution in [1.82, 2.24) is 0 Å². The molecule has 0 aliphatic heterocycles. The SMILES string of the molecule is C=C(CCl)COc1ccc(C(C)=O)c(F)c1. The van der Waals surface area contributed by atoms with E-state index in [1.54, 1.807) is 6.07 Å². The van der Waals surface area contributed by atoms with E-state index in [0.29, 0.717) is 17.2 Å². The van der Waals surface area contributed by atoms with Crippen LogP contribution in [0.15, 0.2) is 30.4 Å². The lowest BCUT2D eigenvalue weighted by Crippen LogP contribution is -2.03. The average molecular weight is 243 g/mol. The van der Waals surface area contributed by atoms with Gasteiger partial charge >= 0.3 is 0 Å². The summed E-state index contributed by atoms with van der Waals surface area (Å²) in [6.07, 6.45) is 0. The third-order valence-electron chi connectivity index (χ3n) is 1.95. The molecule has 2 nitrogen and oxygen atoms in total. The lowest BCUT2D eigenvalue weighted by atomic mass is 10.1. The number of carbonyl (C=O) groups is 1. The molecule has 0 fully saturated rings. The van der Waals surface area contributed by atoms with Crippen molar-refractivity contribution in [1.29, 1.82) is 0 Å². The maximum atomic E-state index is 13.4. The van der Waals surface area contributed by atoms with Gasteiger partial charge in [0.15, 0.2) is 5.78 Å². The standard InChI is InChI=1S/C12H12ClFO2/c1-8(6-13)7-16-10-3-4-11(9(2)15)12(14)5-10/h3-5H,1,6-7H2,2H3. The van der Waals surface area contributed by atoms with Crippen molar-refractivity contribution < 1.29 is 13.9 Å². The molecule has 0 spiro atoms. The predicted molar refractivity (Wildman–Crippen MR) is 61.8 cm³/mol. The van der Waals surface area contributed by atoms with Gasteiger partial charge in [0.05, 0.1) is 5.56 Å². The van der Waals surface area contributed by atoms with Gasteiger partial charge in [-0.3, -0.25) is 4.79 Å². The van der Waals surface area contributed by atoms with Crippen LogP contribution in [0.5, 0.6) is 5.75 Å². The van der Waals surface area contributed by atoms with E-state index in [-0.39, 0.29) is 18.0 Å². The normalized spacial score (nSPS) is 9.94. The fourth-order valence-electron chi connectivity index (χ4n) is 1.10. The molecule has 1 aromatic carbocycles. The number of alkyl halides is 1. The summed E-state index contributed by atoms with van der Waals surface area (Å²) >= 11 is 5.52. The van der Waals surface area contributed by atoms with Crippen molar-refractivity contribution in [2.24, 2.45) is 0 Å². The van der Waals surface area contributed by atoms with Crippen LogP contribution in [-0.2, 0) is 0 Å². The van der Waals surface area contributed by atoms with Crippen molar-refractivity contribution >= 4 is 17.4 Å². The summed E-state index contributed by atoms with van der Waals surface area (Å²) in [5.41, 5.74) is 0.765. The van der Waals surface area contributed by atoms with Crippen LogP contribution in [0.25, 0.3) is 0 Å². The number of halogens is 2. The first kappa shape index (κ1) is 12.7. The molecule has 0 aromatic heterocycles. The lowest BCUT2D eigenvalue weighted by molar-refractivity contribution is 0.101. The highest BCUT2D eigenvalue weighted by molar-refractivity contribution is 6.19. The molecule has 0 bridgehead atoms. The van der Waals surface area contributed by atoms with Gasteiger partial charge in [-0.1, -0.05) is 6.58 Å². The number of ether oxygens (including phenoxy) is 1. The summed E-state index contributed by atoms with van der Waals surface area (Å²) in [5.74, 6) is -0.238. The number of carbonyl (C=O) groups excluding carboxylic acids is 1. The van der Waals surface area contributed by atoms with Gasteiger partial charge in [-0.15, -0.1) is 11.6 Å². The molecule has 0 atom stereocenters. The van der Waals surface area contributed by atoms with E-state index in [2.05, 4.69) is 6.58 Å². The number of rotatable bonds is 5. The number of benzene rings is 1. The second-order valence-electron chi connectivity index (χ2n) is 3.37. The van der Waals surface area contributed by atoms with Gasteiger partial charge in [0.25, 0.3) is 0 Å². The molecule has 0 saturated carbocycles. The van der Waals surface area contributed by atoms with Crippen molar-refractivity contribution in [2.75, 3.05) is 12.5 Å². The fourth-order valence-corrected chi connectivity index (χ4v) is 1.17. The molecule has 0 aliphatic rings. The predicted octanol–water partition coefficient (Wildman–Crippen LogP) is 3.20. The lowest BCUT2D eigenvalue weighted by Gasteiger charge is -2.07. The van der Waals surface area contributed by atoms with Gasteiger partial charge in [0.1, 0.15) is 18.2 Å². The maximum Gasteiger partial charge on any atom is 0.162 e. The molecular formula is C12H12ClFO2. The zero-order chi connectivity index (χ0) is 12.1. The molecule has 0 N–H and O–H groups in total. The second-order valence-corrected chi connectivity index (χ2v) is 3.64. The quantitative estimate of drug-likeness (QED) is 0.450. The zero-order valence-corrected chi connectivity index (χ0v) is 9.68. The van der Waals surface area contributed by atoms with Crippen molar-refractivity contribution in [2.45, 2.75) is 6.92 Å². The van der Waals surface area contributed by atoms with Crippen LogP contribution in [0.2, 0.25) is 0 Å². The molecule has 1 aromatic rings. The van der Waals surface area contributed by atoms with Gasteiger partial charge in [-0.25, -0.2) is 4.39 Å². The van der Waals surface area contributed by atoms with Crippen molar-refractivity contribution in [3.8, 4) is 5.75 Å². The average Bonchev–Trinajstić information content (AvgIpc) is 2.25. The molecule has 86 valence electrons. The van der Waals surface area contributed by atoms with Gasteiger partial charge in [0.2, 0.25) is 0 Å². The Bertz CT molecular complexity index is 415. The third kappa shape index (κ3) is 3.35. The Morgan fingerprint density at radius 3 is 2.75 bits per heavy atom. The second kappa shape index (κ2) is 5.66. The highest BCUT2D eigenvalue weighted by atomic mass is 35.5. The molecule has 0 aliphatic carbocycles. The smallest absolute Gasteiger partial charge is 0.162 e. The highest BCUT2D eigenvalue weighted by Gasteiger charge is 2.08. The van der Waals surface area contributed by atoms with Gasteiger partial charge in [-0.05, 0) is 24.6 Å². The number of hydrogen-bond acceptors (Lipinski definition) is 2. The van der Waals surface area contributed by atoms with E-state index in [0.717, 1.165) is 0 Å². The molecule has 0 unspecified atom stereocenters. The molecule has 0 heterocycles. The van der Waals surface area contributed by atoms with E-state index in [1.165, 1.54) is 19.1 Å². The van der Waals surface area contributed by atoms with Crippen LogP contribution >= 0.6 is 11.6 Å². The summed E-state index contributed by atoms with van der Waals surface area (Å²) < 4.78 is 18.6. The third-order valence-corrected chi connectivity index (χ3v) is 2.33. The monoisotopic (exact) mass is 242 g/mol. The maximum absolute atomic E-state index is 13.4. The summed E-state index contributed by atoms with van der Waals surface area (Å²) in [4.78, 5) is 11.0. The summed E-state index contributed by atoms with van der Waals surface area (Å²) in [5, 5.41) is 0. The van der Waals surface area contributed by atoms with Crippen molar-refractivity contribution in [3.05, 3.63) is 41.7 Å². The van der Waals surface area contributed by atoms with Crippen LogP contribution in [0.3, 0.4) is 0 Å². The van der Waals surface area contributed by atoms with Crippen LogP contribution in [-0.4, -0.2) is 18.3 Å². The Labute approximate surface area is 98.7 Å². The molecule has 0 saturated heterocycles.